The van der Waals surface area contributed by atoms with Crippen LogP contribution in [0.5, 0.6) is 0 Å². The Morgan fingerprint density at radius 1 is 0.395 bits per heavy atom. The third-order valence-electron chi connectivity index (χ3n) is 41.5. The number of hydrogen-bond donors (Lipinski definition) is 10. The second kappa shape index (κ2) is 35.7. The number of nitrogens with one attached hydrogen (secondary N) is 1. The Balaban J connectivity index is 0.000000138. The number of fused-ring (bicyclic) bond motifs is 20. The van der Waals surface area contributed by atoms with Crippen LogP contribution >= 0.6 is 0 Å². The summed E-state index contributed by atoms with van der Waals surface area (Å²) < 4.78 is 93.3. The van der Waals surface area contributed by atoms with Crippen LogP contribution in [-0.2, 0) is 29.3 Å². The number of aliphatic hydroxyl groups excluding tert-OH is 4. The zero-order chi connectivity index (χ0) is 86.6. The molecule has 16 nitrogen and oxygen atoms in total. The van der Waals surface area contributed by atoms with Crippen LogP contribution in [-0.4, -0.2) is 139 Å². The fourth-order valence-corrected chi connectivity index (χ4v) is 35.5. The average Bonchev–Trinajstić information content (AvgIpc) is 1.69. The summed E-state index contributed by atoms with van der Waals surface area (Å²) in [5.74, 6) is 1.72. The second-order valence-electron chi connectivity index (χ2n) is 46.6. The van der Waals surface area contributed by atoms with Gasteiger partial charge in [0.25, 0.3) is 10.1 Å². The number of carboxylic acids is 3. The molecule has 40 atom stereocenters. The summed E-state index contributed by atoms with van der Waals surface area (Å²) in [6, 6.07) is 0. The summed E-state index contributed by atoms with van der Waals surface area (Å²) >= 11 is 0. The van der Waals surface area contributed by atoms with Crippen molar-refractivity contribution in [2.75, 3.05) is 12.3 Å². The van der Waals surface area contributed by atoms with Crippen molar-refractivity contribution >= 4 is 33.9 Å². The number of carbonyl (C=O) groups excluding carboxylic acids is 1. The zero-order valence-corrected chi connectivity index (χ0v) is 75.8. The third kappa shape index (κ3) is 17.7. The number of amides is 1. The molecular weight excluding hydrogens is 1540 g/mol. The highest BCUT2D eigenvalue weighted by Crippen LogP contribution is 2.75. The first-order valence-electron chi connectivity index (χ1n) is 48.6. The summed E-state index contributed by atoms with van der Waals surface area (Å²) in [5, 5.41) is 82.8. The van der Waals surface area contributed by atoms with E-state index >= 15 is 17.6 Å². The van der Waals surface area contributed by atoms with Gasteiger partial charge >= 0.3 is 17.9 Å². The number of aliphatic carboxylic acids is 3. The lowest BCUT2D eigenvalue weighted by Gasteiger charge is -2.64. The molecule has 16 rings (SSSR count). The largest absolute Gasteiger partial charge is 0.481 e. The van der Waals surface area contributed by atoms with Gasteiger partial charge in [-0.3, -0.25) is 23.7 Å². The molecule has 10 N–H and O–H groups in total. The van der Waals surface area contributed by atoms with Gasteiger partial charge in [0.05, 0.1) is 30.2 Å². The maximum absolute atomic E-state index is 15.9. The standard InChI is InChI=1S/C26H44FNO5S.C24H39FO5.C24H39FO3.C24H39FO2/c1-16(4-7-23(30)28-12-13-34(31,32)33)19-5-6-20-24-21(9-11-26(19,20)3)25(2)10-8-18(29)14-17(25)15-22(24)27;1-13(4-7-20(28)29)16-5-6-17-21-18(11-19(27)23(16,17)3)22(2)9-8-15(26)10-14(22)12-24(21,25)30;1-14(4-7-21(27)28)17-5-6-18-22-19(9-11-24(17,18)3)23(2)10-8-16(26)12-15(23)13-20(22)25;1-15(7-10-21(26)27)17-8-9-18-22-19(11-13-24(17,18)3)23(2)12-5-4-6-16(23)14-20(22)25/h16-22,24,29H,4-15H2,1-3H3,(H,28,30)(H,31,32,33);13-19,21,26-27,30H,4-12H2,1-3H3,(H,28,29);14-20,22,26H,4-13H2,1-3H3,(H,27,28);15-20,22H,4-14H2,1-3H3,(H,26,27). The van der Waals surface area contributed by atoms with E-state index in [1.165, 1.54) is 57.8 Å². The van der Waals surface area contributed by atoms with E-state index in [4.69, 9.17) is 19.9 Å². The predicted octanol–water partition coefficient (Wildman–Crippen LogP) is 20.1. The fourth-order valence-electron chi connectivity index (χ4n) is 35.2. The second-order valence-corrected chi connectivity index (χ2v) is 48.2. The van der Waals surface area contributed by atoms with E-state index < -0.39 is 81.7 Å². The van der Waals surface area contributed by atoms with E-state index in [0.29, 0.717) is 139 Å². The molecule has 40 unspecified atom stereocenters. The Labute approximate surface area is 712 Å². The van der Waals surface area contributed by atoms with E-state index in [1.807, 2.05) is 0 Å². The highest BCUT2D eigenvalue weighted by molar-refractivity contribution is 7.85. The molecule has 682 valence electrons. The molecule has 21 heteroatoms. The molecule has 0 spiro atoms. The minimum absolute atomic E-state index is 0.0688. The molecule has 119 heavy (non-hydrogen) atoms. The first-order chi connectivity index (χ1) is 55.7. The van der Waals surface area contributed by atoms with Crippen LogP contribution in [0.1, 0.15) is 340 Å². The van der Waals surface area contributed by atoms with Crippen molar-refractivity contribution in [3.05, 3.63) is 0 Å². The molecule has 0 radical (unpaired) electrons. The molecular formula is C98H161F4NO15S. The molecule has 16 fully saturated rings. The predicted molar refractivity (Wildman–Crippen MR) is 453 cm³/mol. The summed E-state index contributed by atoms with van der Waals surface area (Å²) in [6.07, 6.45) is 30.6. The lowest BCUT2D eigenvalue weighted by atomic mass is 9.42. The van der Waals surface area contributed by atoms with Gasteiger partial charge in [-0.15, -0.1) is 0 Å². The van der Waals surface area contributed by atoms with Gasteiger partial charge in [-0.05, 0) is 391 Å². The molecule has 0 aliphatic heterocycles. The average molecular weight is 1700 g/mol. The Kier molecular flexibility index (Phi) is 28.2. The van der Waals surface area contributed by atoms with E-state index in [0.717, 1.165) is 128 Å². The molecule has 16 aliphatic rings. The maximum atomic E-state index is 15.9. The van der Waals surface area contributed by atoms with Gasteiger partial charge in [-0.25, -0.2) is 17.6 Å². The van der Waals surface area contributed by atoms with Gasteiger partial charge < -0.3 is 46.2 Å². The topological polar surface area (TPSA) is 297 Å². The van der Waals surface area contributed by atoms with E-state index in [2.05, 4.69) is 88.4 Å². The minimum Gasteiger partial charge on any atom is -0.481 e. The maximum Gasteiger partial charge on any atom is 0.303 e. The van der Waals surface area contributed by atoms with Crippen LogP contribution in [0, 0.1) is 185 Å². The Bertz CT molecular complexity index is 3650. The van der Waals surface area contributed by atoms with Gasteiger partial charge in [-0.1, -0.05) is 95.9 Å². The Hall–Kier alpha value is -2.69. The number of hydrogen-bond acceptors (Lipinski definition) is 11. The minimum atomic E-state index is -4.07. The molecule has 0 heterocycles. The van der Waals surface area contributed by atoms with Gasteiger partial charge in [0, 0.05) is 44.6 Å². The van der Waals surface area contributed by atoms with Crippen LogP contribution in [0.2, 0.25) is 0 Å². The summed E-state index contributed by atoms with van der Waals surface area (Å²) in [5.41, 5.74) is 0.540. The van der Waals surface area contributed by atoms with Crippen LogP contribution in [0.15, 0.2) is 0 Å². The SMILES string of the molecule is CC(CCC(=O)NCCS(=O)(=O)O)C1CCC2C3C(F)CC4CC(O)CCC4(C)C3CCC12C.CC(CCC(=O)O)C1CCC2C3C(CC(O)C12C)C1(C)CCC(O)CC1CC3(O)F.CC(CCC(=O)O)C1CCC2C3C(F)CC4CC(O)CCC4(C)C3CCC12C.CC(CCC(=O)O)C1CCC2C3C(F)CC4CCCCC4(C)C3CCC12C. The van der Waals surface area contributed by atoms with E-state index in [-0.39, 0.29) is 130 Å². The lowest BCUT2D eigenvalue weighted by Crippen LogP contribution is -2.65. The van der Waals surface area contributed by atoms with Gasteiger partial charge in [0.1, 0.15) is 18.5 Å². The summed E-state index contributed by atoms with van der Waals surface area (Å²) in [7, 11) is -4.07. The van der Waals surface area contributed by atoms with Crippen molar-refractivity contribution in [2.45, 2.75) is 389 Å². The molecule has 16 saturated carbocycles. The lowest BCUT2D eigenvalue weighted by molar-refractivity contribution is -0.285. The summed E-state index contributed by atoms with van der Waals surface area (Å²) in [6.45, 7) is 27.4. The normalized spacial score (nSPS) is 50.1. The molecule has 1 amide bonds. The number of aliphatic hydroxyl groups is 5. The third-order valence-corrected chi connectivity index (χ3v) is 42.3. The van der Waals surface area contributed by atoms with Crippen LogP contribution in [0.3, 0.4) is 0 Å². The quantitative estimate of drug-likeness (QED) is 0.0425. The van der Waals surface area contributed by atoms with Gasteiger partial charge in [-0.2, -0.15) is 8.42 Å². The number of halogens is 4. The fraction of sp³-hybridized carbons (Fsp3) is 0.959. The van der Waals surface area contributed by atoms with Gasteiger partial charge in [0.15, 0.2) is 0 Å². The van der Waals surface area contributed by atoms with Crippen molar-refractivity contribution in [3.63, 3.8) is 0 Å². The molecule has 0 saturated heterocycles. The molecule has 0 aromatic carbocycles. The highest BCUT2D eigenvalue weighted by atomic mass is 32.2. The van der Waals surface area contributed by atoms with Crippen molar-refractivity contribution in [1.29, 1.82) is 0 Å². The van der Waals surface area contributed by atoms with Crippen LogP contribution in [0.25, 0.3) is 0 Å². The van der Waals surface area contributed by atoms with Crippen molar-refractivity contribution in [2.24, 2.45) is 185 Å². The van der Waals surface area contributed by atoms with Crippen molar-refractivity contribution < 1.29 is 90.6 Å². The monoisotopic (exact) mass is 1700 g/mol. The first kappa shape index (κ1) is 93.9. The molecule has 0 aromatic rings. The Morgan fingerprint density at radius 2 is 0.731 bits per heavy atom. The van der Waals surface area contributed by atoms with Gasteiger partial charge in [0.2, 0.25) is 11.8 Å². The number of carboxylic acid groups (broad SMARTS) is 3. The molecule has 16 aliphatic carbocycles. The first-order valence-corrected chi connectivity index (χ1v) is 50.2. The molecule has 0 aromatic heterocycles. The zero-order valence-electron chi connectivity index (χ0n) is 75.0. The van der Waals surface area contributed by atoms with Crippen LogP contribution < -0.4 is 5.32 Å². The van der Waals surface area contributed by atoms with Crippen molar-refractivity contribution in [1.82, 2.24) is 5.32 Å². The van der Waals surface area contributed by atoms with E-state index in [1.54, 1.807) is 0 Å². The molecule has 0 bridgehead atoms. The number of carbonyl (C=O) groups is 4. The smallest absolute Gasteiger partial charge is 0.303 e. The number of alkyl halides is 4. The van der Waals surface area contributed by atoms with E-state index in [9.17, 15) is 53.1 Å². The number of rotatable bonds is 19. The Morgan fingerprint density at radius 3 is 1.13 bits per heavy atom. The van der Waals surface area contributed by atoms with Crippen molar-refractivity contribution in [3.8, 4) is 0 Å². The summed E-state index contributed by atoms with van der Waals surface area (Å²) in [4.78, 5) is 45.3. The highest BCUT2D eigenvalue weighted by Gasteiger charge is 2.72. The van der Waals surface area contributed by atoms with Crippen LogP contribution in [0.4, 0.5) is 17.6 Å².